The fraction of sp³-hybridized carbons (Fsp3) is 0.211. The number of carbonyl (C=O) groups is 1. The Morgan fingerprint density at radius 3 is 2.59 bits per heavy atom. The monoisotopic (exact) mass is 489 g/mol. The number of fused-ring (bicyclic) bond motifs is 1. The van der Waals surface area contributed by atoms with Crippen LogP contribution in [0.1, 0.15) is 23.6 Å². The van der Waals surface area contributed by atoms with Gasteiger partial charge in [0.15, 0.2) is 11.5 Å². The van der Waals surface area contributed by atoms with Crippen LogP contribution >= 0.6 is 22.6 Å². The quantitative estimate of drug-likeness (QED) is 0.474. The Hall–Kier alpha value is -2.23. The number of hydrogen-bond donors (Lipinski definition) is 1. The molecule has 27 heavy (non-hydrogen) atoms. The van der Waals surface area contributed by atoms with Crippen LogP contribution in [0.15, 0.2) is 30.3 Å². The Labute approximate surface area is 167 Å². The summed E-state index contributed by atoms with van der Waals surface area (Å²) in [5.74, 6) is 0.670. The van der Waals surface area contributed by atoms with Crippen LogP contribution in [0.5, 0.6) is 11.5 Å². The molecule has 0 spiro atoms. The average molecular weight is 489 g/mol. The first-order chi connectivity index (χ1) is 12.7. The van der Waals surface area contributed by atoms with Gasteiger partial charge in [-0.2, -0.15) is 13.2 Å². The first-order valence-corrected chi connectivity index (χ1v) is 9.07. The minimum Gasteiger partial charge on any atom is -0.492 e. The van der Waals surface area contributed by atoms with Crippen molar-refractivity contribution in [1.82, 2.24) is 0 Å². The molecule has 0 radical (unpaired) electrons. The molecule has 4 nitrogen and oxygen atoms in total. The maximum atomic E-state index is 12.9. The van der Waals surface area contributed by atoms with E-state index in [1.54, 1.807) is 12.1 Å². The number of alkyl halides is 3. The lowest BCUT2D eigenvalue weighted by Crippen LogP contribution is -2.06. The maximum Gasteiger partial charge on any atom is 0.416 e. The van der Waals surface area contributed by atoms with E-state index in [1.165, 1.54) is 13.2 Å². The van der Waals surface area contributed by atoms with Crippen LogP contribution in [0.2, 0.25) is 0 Å². The SMILES string of the molecule is CCOc1cc(/C=C2\C(=O)Nc3cc(C(F)(F)F)ccc32)cc(I)c1OC. The van der Waals surface area contributed by atoms with Crippen molar-refractivity contribution in [2.75, 3.05) is 19.0 Å². The number of rotatable bonds is 4. The number of benzene rings is 2. The molecular weight excluding hydrogens is 474 g/mol. The van der Waals surface area contributed by atoms with Gasteiger partial charge in [0.25, 0.3) is 5.91 Å². The van der Waals surface area contributed by atoms with Crippen molar-refractivity contribution in [1.29, 1.82) is 0 Å². The summed E-state index contributed by atoms with van der Waals surface area (Å²) >= 11 is 2.10. The molecule has 1 amide bonds. The van der Waals surface area contributed by atoms with E-state index >= 15 is 0 Å². The Morgan fingerprint density at radius 1 is 1.22 bits per heavy atom. The molecule has 1 aliphatic heterocycles. The molecule has 2 aromatic rings. The van der Waals surface area contributed by atoms with Crippen molar-refractivity contribution in [3.63, 3.8) is 0 Å². The zero-order valence-electron chi connectivity index (χ0n) is 14.4. The molecule has 142 valence electrons. The summed E-state index contributed by atoms with van der Waals surface area (Å²) in [6.45, 7) is 2.28. The number of nitrogens with one attached hydrogen (secondary N) is 1. The van der Waals surface area contributed by atoms with E-state index in [0.717, 1.165) is 15.7 Å². The third kappa shape index (κ3) is 3.90. The van der Waals surface area contributed by atoms with Crippen molar-refractivity contribution >= 4 is 45.8 Å². The number of hydrogen-bond acceptors (Lipinski definition) is 3. The summed E-state index contributed by atoms with van der Waals surface area (Å²) in [6.07, 6.45) is -2.84. The van der Waals surface area contributed by atoms with Crippen molar-refractivity contribution in [3.8, 4) is 11.5 Å². The highest BCUT2D eigenvalue weighted by Gasteiger charge is 2.33. The van der Waals surface area contributed by atoms with Gasteiger partial charge in [-0.3, -0.25) is 4.79 Å². The van der Waals surface area contributed by atoms with Gasteiger partial charge in [0.2, 0.25) is 0 Å². The van der Waals surface area contributed by atoms with Gasteiger partial charge in [0, 0.05) is 16.8 Å². The second-order valence-corrected chi connectivity index (χ2v) is 6.90. The number of methoxy groups -OCH3 is 1. The molecule has 0 atom stereocenters. The second kappa shape index (κ2) is 7.41. The first-order valence-electron chi connectivity index (χ1n) is 7.99. The van der Waals surface area contributed by atoms with E-state index in [9.17, 15) is 18.0 Å². The molecule has 1 N–H and O–H groups in total. The van der Waals surface area contributed by atoms with Crippen LogP contribution in [0.3, 0.4) is 0 Å². The van der Waals surface area contributed by atoms with Crippen molar-refractivity contribution < 1.29 is 27.4 Å². The standard InChI is InChI=1S/C19H15F3INO3/c1-3-27-16-8-10(7-14(23)17(16)26-2)6-13-12-5-4-11(19(20,21)22)9-15(12)24-18(13)25/h4-9H,3H2,1-2H3,(H,24,25)/b13-6-. The number of anilines is 1. The van der Waals surface area contributed by atoms with Crippen LogP contribution in [-0.2, 0) is 11.0 Å². The summed E-state index contributed by atoms with van der Waals surface area (Å²) in [7, 11) is 1.54. The topological polar surface area (TPSA) is 47.6 Å². The third-order valence-electron chi connectivity index (χ3n) is 3.98. The lowest BCUT2D eigenvalue weighted by molar-refractivity contribution is -0.137. The summed E-state index contributed by atoms with van der Waals surface area (Å²) in [6, 6.07) is 6.75. The molecule has 1 aliphatic rings. The van der Waals surface area contributed by atoms with Crippen LogP contribution in [0, 0.1) is 3.57 Å². The van der Waals surface area contributed by atoms with Crippen LogP contribution in [0.4, 0.5) is 18.9 Å². The Kier molecular flexibility index (Phi) is 5.36. The molecule has 0 aliphatic carbocycles. The van der Waals surface area contributed by atoms with Gasteiger partial charge in [0.05, 0.1) is 22.9 Å². The van der Waals surface area contributed by atoms with E-state index in [4.69, 9.17) is 9.47 Å². The van der Waals surface area contributed by atoms with Crippen LogP contribution < -0.4 is 14.8 Å². The molecule has 8 heteroatoms. The van der Waals surface area contributed by atoms with Gasteiger partial charge in [0.1, 0.15) is 0 Å². The van der Waals surface area contributed by atoms with Crippen molar-refractivity contribution in [2.45, 2.75) is 13.1 Å². The Balaban J connectivity index is 2.06. The highest BCUT2D eigenvalue weighted by Crippen LogP contribution is 2.40. The normalized spacial score (nSPS) is 14.9. The summed E-state index contributed by atoms with van der Waals surface area (Å²) in [5.41, 5.74) is 0.746. The molecule has 0 saturated carbocycles. The summed E-state index contributed by atoms with van der Waals surface area (Å²) in [5, 5.41) is 2.49. The van der Waals surface area contributed by atoms with Gasteiger partial charge < -0.3 is 14.8 Å². The number of halogens is 4. The fourth-order valence-electron chi connectivity index (χ4n) is 2.81. The fourth-order valence-corrected chi connectivity index (χ4v) is 3.66. The zero-order chi connectivity index (χ0) is 19.8. The van der Waals surface area contributed by atoms with Gasteiger partial charge >= 0.3 is 6.18 Å². The predicted octanol–water partition coefficient (Wildman–Crippen LogP) is 5.21. The minimum atomic E-state index is -4.47. The van der Waals surface area contributed by atoms with Crippen molar-refractivity contribution in [3.05, 3.63) is 50.6 Å². The van der Waals surface area contributed by atoms with Gasteiger partial charge in [-0.1, -0.05) is 6.07 Å². The highest BCUT2D eigenvalue weighted by atomic mass is 127. The Morgan fingerprint density at radius 2 is 1.96 bits per heavy atom. The number of amides is 1. The molecule has 1 heterocycles. The zero-order valence-corrected chi connectivity index (χ0v) is 16.6. The molecule has 0 fully saturated rings. The Bertz CT molecular complexity index is 939. The van der Waals surface area contributed by atoms with Crippen LogP contribution in [0.25, 0.3) is 11.6 Å². The number of ether oxygens (including phenoxy) is 2. The van der Waals surface area contributed by atoms with Crippen LogP contribution in [-0.4, -0.2) is 19.6 Å². The lowest BCUT2D eigenvalue weighted by atomic mass is 10.0. The van der Waals surface area contributed by atoms with E-state index in [1.807, 2.05) is 13.0 Å². The number of carbonyl (C=O) groups excluding carboxylic acids is 1. The highest BCUT2D eigenvalue weighted by molar-refractivity contribution is 14.1. The largest absolute Gasteiger partial charge is 0.492 e. The molecule has 0 unspecified atom stereocenters. The van der Waals surface area contributed by atoms with E-state index < -0.39 is 17.6 Å². The van der Waals surface area contributed by atoms with Gasteiger partial charge in [-0.05, 0) is 65.4 Å². The molecule has 0 saturated heterocycles. The maximum absolute atomic E-state index is 12.9. The van der Waals surface area contributed by atoms with E-state index in [-0.39, 0.29) is 5.69 Å². The average Bonchev–Trinajstić information content (AvgIpc) is 2.89. The molecule has 2 aromatic carbocycles. The molecule has 3 rings (SSSR count). The third-order valence-corrected chi connectivity index (χ3v) is 4.78. The molecule has 0 bridgehead atoms. The van der Waals surface area contributed by atoms with E-state index in [2.05, 4.69) is 27.9 Å². The summed E-state index contributed by atoms with van der Waals surface area (Å²) in [4.78, 5) is 12.3. The summed E-state index contributed by atoms with van der Waals surface area (Å²) < 4.78 is 50.3. The molecular formula is C19H15F3INO3. The lowest BCUT2D eigenvalue weighted by Gasteiger charge is -2.12. The van der Waals surface area contributed by atoms with Gasteiger partial charge in [-0.15, -0.1) is 0 Å². The van der Waals surface area contributed by atoms with Crippen molar-refractivity contribution in [2.24, 2.45) is 0 Å². The minimum absolute atomic E-state index is 0.148. The van der Waals surface area contributed by atoms with E-state index in [0.29, 0.717) is 34.8 Å². The second-order valence-electron chi connectivity index (χ2n) is 5.74. The molecule has 0 aromatic heterocycles. The van der Waals surface area contributed by atoms with Gasteiger partial charge in [-0.25, -0.2) is 0 Å². The predicted molar refractivity (Wildman–Crippen MR) is 105 cm³/mol. The first kappa shape index (κ1) is 19.5. The smallest absolute Gasteiger partial charge is 0.416 e.